The average molecular weight is 1360 g/mol. The Morgan fingerprint density at radius 3 is 1.13 bits per heavy atom. The van der Waals surface area contributed by atoms with E-state index in [0.717, 1.165) is 59.6 Å². The van der Waals surface area contributed by atoms with Crippen molar-refractivity contribution in [1.82, 2.24) is 4.98 Å². The van der Waals surface area contributed by atoms with Crippen LogP contribution in [0.2, 0.25) is 0 Å². The summed E-state index contributed by atoms with van der Waals surface area (Å²) in [6.45, 7) is 18.3. The Balaban J connectivity index is 0.000000149. The number of hydrogen-bond donors (Lipinski definition) is 2. The number of Topliss-reactive ketones (excluding diaryl/α,β-unsaturated/α-hetero) is 1. The molecule has 101 heavy (non-hydrogen) atoms. The van der Waals surface area contributed by atoms with Crippen molar-refractivity contribution in [2.24, 2.45) is 21.7 Å². The first-order valence-electron chi connectivity index (χ1n) is 35.2. The van der Waals surface area contributed by atoms with E-state index < -0.39 is 5.60 Å². The molecule has 14 nitrogen and oxygen atoms in total. The van der Waals surface area contributed by atoms with Gasteiger partial charge in [0.1, 0.15) is 36.1 Å². The first-order chi connectivity index (χ1) is 48.6. The molecule has 3 unspecified atom stereocenters. The van der Waals surface area contributed by atoms with Gasteiger partial charge in [0.2, 0.25) is 0 Å². The molecule has 4 fully saturated rings. The number of phenolic OH excluding ortho intramolecular Hbond substituents is 1. The monoisotopic (exact) mass is 1360 g/mol. The SMILES string of the molecule is CCOC(=O)c1ccc(C(=O)C2(C)CC2)cc1.CCOC(=O)c1ccc(C(O)(c2ccc(OCc3ccccc3)cc2)C2(C)CC2)cc1.CCOC(=O)c1ccc(C(c2ccc(O)cc2)C2(C)CC2)cc1.CCOC(=O)c1ccc(C(c2ccc(OCc3ccccn3)cc2)C2(C)CC2)cc1. The number of aromatic hydroxyl groups is 1. The number of nitrogens with zero attached hydrogens (tertiary/aromatic N) is 1. The zero-order chi connectivity index (χ0) is 71.8. The summed E-state index contributed by atoms with van der Waals surface area (Å²) < 4.78 is 31.9. The van der Waals surface area contributed by atoms with E-state index in [-0.39, 0.29) is 63.0 Å². The summed E-state index contributed by atoms with van der Waals surface area (Å²) in [5, 5.41) is 21.5. The lowest BCUT2D eigenvalue weighted by molar-refractivity contribution is 0.00963. The van der Waals surface area contributed by atoms with Crippen LogP contribution in [-0.4, -0.2) is 71.3 Å². The average Bonchev–Trinajstić information content (AvgIpc) is 1.60. The molecule has 1 heterocycles. The summed E-state index contributed by atoms with van der Waals surface area (Å²) >= 11 is 0. The van der Waals surface area contributed by atoms with Crippen molar-refractivity contribution in [3.8, 4) is 17.2 Å². The van der Waals surface area contributed by atoms with Gasteiger partial charge in [-0.25, -0.2) is 19.2 Å². The summed E-state index contributed by atoms with van der Waals surface area (Å²) in [4.78, 5) is 63.5. The molecule has 1 aromatic heterocycles. The third-order valence-corrected chi connectivity index (χ3v) is 19.9. The minimum atomic E-state index is -1.14. The smallest absolute Gasteiger partial charge is 0.338 e. The van der Waals surface area contributed by atoms with Gasteiger partial charge in [0, 0.05) is 34.4 Å². The van der Waals surface area contributed by atoms with Crippen molar-refractivity contribution < 1.29 is 62.6 Å². The zero-order valence-corrected chi connectivity index (χ0v) is 59.2. The van der Waals surface area contributed by atoms with Crippen molar-refractivity contribution in [3.63, 3.8) is 0 Å². The van der Waals surface area contributed by atoms with Crippen LogP contribution in [0.4, 0.5) is 0 Å². The molecule has 0 amide bonds. The first-order valence-corrected chi connectivity index (χ1v) is 35.2. The van der Waals surface area contributed by atoms with Crippen molar-refractivity contribution in [1.29, 1.82) is 0 Å². The highest BCUT2D eigenvalue weighted by Gasteiger charge is 2.57. The van der Waals surface area contributed by atoms with Crippen LogP contribution in [0.5, 0.6) is 17.2 Å². The molecule has 9 aromatic rings. The topological polar surface area (TPSA) is 194 Å². The van der Waals surface area contributed by atoms with Gasteiger partial charge in [-0.3, -0.25) is 9.78 Å². The number of pyridine rings is 1. The second-order valence-corrected chi connectivity index (χ2v) is 27.7. The number of phenols is 1. The van der Waals surface area contributed by atoms with Gasteiger partial charge in [-0.2, -0.15) is 0 Å². The van der Waals surface area contributed by atoms with Crippen LogP contribution >= 0.6 is 0 Å². The summed E-state index contributed by atoms with van der Waals surface area (Å²) in [7, 11) is 0. The van der Waals surface area contributed by atoms with Crippen LogP contribution in [-0.2, 0) is 37.8 Å². The van der Waals surface area contributed by atoms with Crippen LogP contribution in [0.15, 0.2) is 225 Å². The number of ketones is 1. The van der Waals surface area contributed by atoms with Gasteiger partial charge in [-0.05, 0) is 226 Å². The Bertz CT molecular complexity index is 4200. The summed E-state index contributed by atoms with van der Waals surface area (Å²) in [5.41, 5.74) is 10.3. The fourth-order valence-corrected chi connectivity index (χ4v) is 12.8. The van der Waals surface area contributed by atoms with E-state index in [1.165, 1.54) is 47.9 Å². The van der Waals surface area contributed by atoms with Crippen LogP contribution < -0.4 is 9.47 Å². The summed E-state index contributed by atoms with van der Waals surface area (Å²) in [6.07, 6.45) is 10.4. The normalized spacial score (nSPS) is 16.0. The number of rotatable bonds is 25. The maximum atomic E-state index is 12.0. The van der Waals surface area contributed by atoms with Crippen molar-refractivity contribution in [3.05, 3.63) is 297 Å². The highest BCUT2D eigenvalue weighted by Crippen LogP contribution is 2.62. The van der Waals surface area contributed by atoms with Gasteiger partial charge >= 0.3 is 23.9 Å². The number of carbonyl (C=O) groups excluding carboxylic acids is 5. The Morgan fingerprint density at radius 2 is 0.752 bits per heavy atom. The quantitative estimate of drug-likeness (QED) is 0.0312. The predicted octanol–water partition coefficient (Wildman–Crippen LogP) is 18.6. The number of aromatic nitrogens is 1. The lowest BCUT2D eigenvalue weighted by atomic mass is 9.74. The molecule has 13 rings (SSSR count). The highest BCUT2D eigenvalue weighted by molar-refractivity contribution is 6.02. The second kappa shape index (κ2) is 32.9. The minimum absolute atomic E-state index is 0.161. The largest absolute Gasteiger partial charge is 0.508 e. The predicted molar refractivity (Wildman–Crippen MR) is 390 cm³/mol. The molecular formula is C87H93NO13. The van der Waals surface area contributed by atoms with Crippen LogP contribution in [0.1, 0.15) is 215 Å². The molecule has 4 saturated carbocycles. The van der Waals surface area contributed by atoms with E-state index in [4.69, 9.17) is 28.4 Å². The second-order valence-electron chi connectivity index (χ2n) is 27.7. The molecule has 0 spiro atoms. The Kier molecular flexibility index (Phi) is 23.9. The molecule has 4 aliphatic carbocycles. The number of benzene rings is 8. The minimum Gasteiger partial charge on any atom is -0.508 e. The van der Waals surface area contributed by atoms with Gasteiger partial charge < -0.3 is 38.6 Å². The lowest BCUT2D eigenvalue weighted by Crippen LogP contribution is -2.36. The highest BCUT2D eigenvalue weighted by atomic mass is 16.5. The molecule has 0 bridgehead atoms. The standard InChI is InChI=1S/C27H28O4.C26H27NO3.C20H22O3.C14H16O3/c1-3-30-25(28)21-9-11-22(12-10-21)27(29,26(2)17-18-26)23-13-15-24(16-14-23)31-19-20-7-5-4-6-8-20;1-3-29-25(28)21-9-7-19(8-10-21)24(26(2)15-16-26)20-11-13-23(14-12-20)30-18-22-6-4-5-17-27-22;1-3-23-19(22)16-6-4-14(5-7-16)18(20(2)12-13-20)15-8-10-17(21)11-9-15;1-3-17-13(16)11-6-4-10(5-7-11)12(15)14(2)8-9-14/h4-16,29H,3,17-19H2,1-2H3;4-14,17,24H,3,15-16,18H2,1-2H3;4-11,18,21H,3,12-13H2,1-2H3;4-7H,3,8-9H2,1-2H3. The Morgan fingerprint density at radius 1 is 0.406 bits per heavy atom. The number of aliphatic hydroxyl groups is 1. The van der Waals surface area contributed by atoms with Gasteiger partial charge in [0.25, 0.3) is 0 Å². The van der Waals surface area contributed by atoms with E-state index in [0.29, 0.717) is 73.4 Å². The van der Waals surface area contributed by atoms with Crippen LogP contribution in [0, 0.1) is 21.7 Å². The van der Waals surface area contributed by atoms with Gasteiger partial charge in [-0.15, -0.1) is 0 Å². The molecule has 0 saturated heterocycles. The Hall–Kier alpha value is -10.2. The third kappa shape index (κ3) is 18.6. The van der Waals surface area contributed by atoms with Crippen molar-refractivity contribution in [2.75, 3.05) is 26.4 Å². The van der Waals surface area contributed by atoms with E-state index in [9.17, 15) is 34.2 Å². The lowest BCUT2D eigenvalue weighted by Gasteiger charge is -2.36. The van der Waals surface area contributed by atoms with Crippen molar-refractivity contribution in [2.45, 2.75) is 137 Å². The van der Waals surface area contributed by atoms with Gasteiger partial charge in [0.05, 0.1) is 54.4 Å². The van der Waals surface area contributed by atoms with Crippen molar-refractivity contribution >= 4 is 29.7 Å². The maximum absolute atomic E-state index is 12.0. The summed E-state index contributed by atoms with van der Waals surface area (Å²) in [6, 6.07) is 68.7. The molecule has 4 aliphatic rings. The Labute approximate surface area is 594 Å². The van der Waals surface area contributed by atoms with Gasteiger partial charge in [-0.1, -0.05) is 149 Å². The maximum Gasteiger partial charge on any atom is 0.338 e. The van der Waals surface area contributed by atoms with E-state index >= 15 is 0 Å². The number of carbonyl (C=O) groups is 5. The van der Waals surface area contributed by atoms with Gasteiger partial charge in [0.15, 0.2) is 5.78 Å². The fourth-order valence-electron chi connectivity index (χ4n) is 12.8. The molecule has 3 atom stereocenters. The summed E-state index contributed by atoms with van der Waals surface area (Å²) in [5.74, 6) is 1.37. The van der Waals surface area contributed by atoms with E-state index in [1.54, 1.807) is 75.5 Å². The molecule has 0 radical (unpaired) electrons. The van der Waals surface area contributed by atoms with Crippen LogP contribution in [0.3, 0.4) is 0 Å². The molecule has 524 valence electrons. The molecule has 2 N–H and O–H groups in total. The molecule has 14 heteroatoms. The van der Waals surface area contributed by atoms with E-state index in [1.807, 2.05) is 159 Å². The number of hydrogen-bond acceptors (Lipinski definition) is 14. The van der Waals surface area contributed by atoms with Crippen LogP contribution in [0.25, 0.3) is 0 Å². The first kappa shape index (κ1) is 73.5. The number of ether oxygens (including phenoxy) is 6. The fraction of sp³-hybridized carbons (Fsp3) is 0.333. The molecule has 8 aromatic carbocycles. The molecule has 0 aliphatic heterocycles. The molecular weight excluding hydrogens is 1270 g/mol. The third-order valence-electron chi connectivity index (χ3n) is 19.9. The number of esters is 4. The zero-order valence-electron chi connectivity index (χ0n) is 59.2. The van der Waals surface area contributed by atoms with E-state index in [2.05, 4.69) is 50.0 Å².